The smallest absolute Gasteiger partial charge is 0.0666 e. The average Bonchev–Trinajstić information content (AvgIpc) is 2.99. The number of nitrogens with one attached hydrogen (secondary N) is 1. The Morgan fingerprint density at radius 3 is 2.52 bits per heavy atom. The first-order valence-corrected chi connectivity index (χ1v) is 9.25. The normalized spacial score (nSPS) is 11.2. The quantitative estimate of drug-likeness (QED) is 0.559. The van der Waals surface area contributed by atoms with Crippen LogP contribution in [-0.2, 0) is 6.42 Å². The Labute approximate surface area is 158 Å². The summed E-state index contributed by atoms with van der Waals surface area (Å²) in [6, 6.07) is 12.2. The molecule has 25 heavy (non-hydrogen) atoms. The van der Waals surface area contributed by atoms with Crippen LogP contribution in [-0.4, -0.2) is 25.6 Å². The number of halogens is 2. The highest BCUT2D eigenvalue weighted by Gasteiger charge is 2.17. The molecule has 1 aromatic heterocycles. The fourth-order valence-electron chi connectivity index (χ4n) is 3.18. The summed E-state index contributed by atoms with van der Waals surface area (Å²) >= 11 is 12.9. The maximum absolute atomic E-state index is 6.52. The number of aromatic nitrogens is 1. The van der Waals surface area contributed by atoms with Gasteiger partial charge in [-0.25, -0.2) is 0 Å². The highest BCUT2D eigenvalue weighted by molar-refractivity contribution is 6.40. The Morgan fingerprint density at radius 1 is 1.04 bits per heavy atom. The maximum atomic E-state index is 6.52. The van der Waals surface area contributed by atoms with Crippen LogP contribution < -0.4 is 10.6 Å². The number of fused-ring (bicyclic) bond motifs is 1. The van der Waals surface area contributed by atoms with E-state index in [0.717, 1.165) is 52.1 Å². The Kier molecular flexibility index (Phi) is 5.57. The molecule has 0 spiro atoms. The fraction of sp³-hybridized carbons (Fsp3) is 0.300. The van der Waals surface area contributed by atoms with Gasteiger partial charge < -0.3 is 15.6 Å². The van der Waals surface area contributed by atoms with E-state index < -0.39 is 0 Å². The molecule has 5 heteroatoms. The number of unbranched alkanes of at least 4 members (excludes halogenated alkanes) is 1. The van der Waals surface area contributed by atoms with Gasteiger partial charge in [0.1, 0.15) is 0 Å². The largest absolute Gasteiger partial charge is 0.378 e. The van der Waals surface area contributed by atoms with E-state index in [9.17, 15) is 0 Å². The van der Waals surface area contributed by atoms with Gasteiger partial charge in [0.25, 0.3) is 0 Å². The molecule has 3 nitrogen and oxygen atoms in total. The van der Waals surface area contributed by atoms with Crippen molar-refractivity contribution in [1.29, 1.82) is 0 Å². The van der Waals surface area contributed by atoms with Crippen LogP contribution in [0.1, 0.15) is 18.4 Å². The molecule has 0 aliphatic rings. The molecule has 3 N–H and O–H groups in total. The van der Waals surface area contributed by atoms with Crippen molar-refractivity contribution in [2.24, 2.45) is 5.73 Å². The Morgan fingerprint density at radius 2 is 1.80 bits per heavy atom. The van der Waals surface area contributed by atoms with Crippen LogP contribution in [0.4, 0.5) is 5.69 Å². The van der Waals surface area contributed by atoms with Crippen LogP contribution >= 0.6 is 23.2 Å². The monoisotopic (exact) mass is 375 g/mol. The molecule has 0 saturated carbocycles. The van der Waals surface area contributed by atoms with Crippen LogP contribution in [0.25, 0.3) is 22.2 Å². The number of hydrogen-bond donors (Lipinski definition) is 2. The number of aryl methyl sites for hydroxylation is 1. The zero-order valence-corrected chi connectivity index (χ0v) is 16.1. The van der Waals surface area contributed by atoms with Gasteiger partial charge in [0.15, 0.2) is 0 Å². The van der Waals surface area contributed by atoms with E-state index in [1.54, 1.807) is 0 Å². The first-order valence-electron chi connectivity index (χ1n) is 8.49. The highest BCUT2D eigenvalue weighted by Crippen LogP contribution is 2.39. The lowest BCUT2D eigenvalue weighted by atomic mass is 10.00. The van der Waals surface area contributed by atoms with E-state index in [1.165, 1.54) is 5.56 Å². The Hall–Kier alpha value is -1.68. The summed E-state index contributed by atoms with van der Waals surface area (Å²) in [4.78, 5) is 5.61. The third-order valence-electron chi connectivity index (χ3n) is 4.49. The minimum absolute atomic E-state index is 0.689. The second-order valence-corrected chi connectivity index (χ2v) is 7.26. The van der Waals surface area contributed by atoms with Crippen LogP contribution in [0.5, 0.6) is 0 Å². The lowest BCUT2D eigenvalue weighted by Crippen LogP contribution is -2.08. The van der Waals surface area contributed by atoms with Crippen LogP contribution in [0.2, 0.25) is 10.0 Å². The zero-order chi connectivity index (χ0) is 18.0. The summed E-state index contributed by atoms with van der Waals surface area (Å²) in [5.74, 6) is 0. The predicted octanol–water partition coefficient (Wildman–Crippen LogP) is 5.49. The lowest BCUT2D eigenvalue weighted by molar-refractivity contribution is 0.748. The average molecular weight is 376 g/mol. The molecule has 3 rings (SSSR count). The van der Waals surface area contributed by atoms with Crippen molar-refractivity contribution in [2.75, 3.05) is 25.5 Å². The molecule has 0 aliphatic carbocycles. The van der Waals surface area contributed by atoms with Gasteiger partial charge >= 0.3 is 0 Å². The maximum Gasteiger partial charge on any atom is 0.0666 e. The summed E-state index contributed by atoms with van der Waals surface area (Å²) in [6.45, 7) is 0.697. The summed E-state index contributed by atoms with van der Waals surface area (Å²) in [6.07, 6.45) is 2.92. The van der Waals surface area contributed by atoms with Gasteiger partial charge in [0.2, 0.25) is 0 Å². The number of aromatic amines is 1. The molecule has 3 aromatic rings. The molecule has 0 fully saturated rings. The lowest BCUT2D eigenvalue weighted by Gasteiger charge is -2.14. The molecule has 0 atom stereocenters. The molecular weight excluding hydrogens is 353 g/mol. The Bertz CT molecular complexity index is 884. The molecule has 0 unspecified atom stereocenters. The Balaban J connectivity index is 2.19. The summed E-state index contributed by atoms with van der Waals surface area (Å²) in [5, 5.41) is 2.44. The molecule has 0 amide bonds. The minimum atomic E-state index is 0.689. The van der Waals surface area contributed by atoms with E-state index in [1.807, 2.05) is 26.2 Å². The third-order valence-corrected chi connectivity index (χ3v) is 5.12. The van der Waals surface area contributed by atoms with Crippen molar-refractivity contribution in [1.82, 2.24) is 4.98 Å². The standard InChI is InChI=1S/C20H23Cl2N3/c1-25(2)14-7-5-6-13(12-14)19-15(8-3-4-11-23)18-16(21)9-10-17(22)20(18)24-19/h5-7,9-10,12,24H,3-4,8,11,23H2,1-2H3. The van der Waals surface area contributed by atoms with Crippen LogP contribution in [0.15, 0.2) is 36.4 Å². The second kappa shape index (κ2) is 7.69. The van der Waals surface area contributed by atoms with Crippen molar-refractivity contribution in [3.05, 3.63) is 52.0 Å². The number of hydrogen-bond acceptors (Lipinski definition) is 2. The van der Waals surface area contributed by atoms with Gasteiger partial charge in [0.05, 0.1) is 15.6 Å². The number of anilines is 1. The first-order chi connectivity index (χ1) is 12.0. The molecule has 1 heterocycles. The molecule has 0 radical (unpaired) electrons. The van der Waals surface area contributed by atoms with E-state index in [-0.39, 0.29) is 0 Å². The molecule has 2 aromatic carbocycles. The van der Waals surface area contributed by atoms with E-state index >= 15 is 0 Å². The second-order valence-electron chi connectivity index (χ2n) is 6.45. The number of H-pyrrole nitrogens is 1. The minimum Gasteiger partial charge on any atom is -0.378 e. The first kappa shape index (κ1) is 18.1. The van der Waals surface area contributed by atoms with Crippen molar-refractivity contribution >= 4 is 39.8 Å². The van der Waals surface area contributed by atoms with Gasteiger partial charge in [-0.2, -0.15) is 0 Å². The van der Waals surface area contributed by atoms with Crippen LogP contribution in [0.3, 0.4) is 0 Å². The SMILES string of the molecule is CN(C)c1cccc(-c2[nH]c3c(Cl)ccc(Cl)c3c2CCCCN)c1. The zero-order valence-electron chi connectivity index (χ0n) is 14.6. The van der Waals surface area contributed by atoms with E-state index in [4.69, 9.17) is 28.9 Å². The number of nitrogens with two attached hydrogens (primary N) is 1. The van der Waals surface area contributed by atoms with Crippen LogP contribution in [0, 0.1) is 0 Å². The summed E-state index contributed by atoms with van der Waals surface area (Å²) < 4.78 is 0. The van der Waals surface area contributed by atoms with Crippen molar-refractivity contribution in [2.45, 2.75) is 19.3 Å². The van der Waals surface area contributed by atoms with E-state index in [2.05, 4.69) is 34.1 Å². The number of rotatable bonds is 6. The molecule has 0 aliphatic heterocycles. The summed E-state index contributed by atoms with van der Waals surface area (Å²) in [7, 11) is 4.08. The topological polar surface area (TPSA) is 45.0 Å². The number of benzene rings is 2. The van der Waals surface area contributed by atoms with Gasteiger partial charge in [0, 0.05) is 36.4 Å². The van der Waals surface area contributed by atoms with Crippen molar-refractivity contribution in [3.8, 4) is 11.3 Å². The summed E-state index contributed by atoms with van der Waals surface area (Å²) in [5.41, 5.74) is 11.2. The molecule has 0 saturated heterocycles. The van der Waals surface area contributed by atoms with Gasteiger partial charge in [-0.1, -0.05) is 35.3 Å². The van der Waals surface area contributed by atoms with E-state index in [0.29, 0.717) is 11.6 Å². The third kappa shape index (κ3) is 3.64. The molecule has 132 valence electrons. The highest BCUT2D eigenvalue weighted by atomic mass is 35.5. The molecular formula is C20H23Cl2N3. The van der Waals surface area contributed by atoms with Gasteiger partial charge in [-0.15, -0.1) is 0 Å². The fourth-order valence-corrected chi connectivity index (χ4v) is 3.65. The van der Waals surface area contributed by atoms with Crippen molar-refractivity contribution < 1.29 is 0 Å². The molecule has 0 bridgehead atoms. The predicted molar refractivity (Wildman–Crippen MR) is 110 cm³/mol. The van der Waals surface area contributed by atoms with Gasteiger partial charge in [-0.05, 0) is 55.6 Å². The van der Waals surface area contributed by atoms with Crippen molar-refractivity contribution in [3.63, 3.8) is 0 Å². The number of nitrogens with zero attached hydrogens (tertiary/aromatic N) is 1. The van der Waals surface area contributed by atoms with Gasteiger partial charge in [-0.3, -0.25) is 0 Å².